The van der Waals surface area contributed by atoms with Crippen molar-refractivity contribution in [2.75, 3.05) is 14.9 Å². The van der Waals surface area contributed by atoms with Crippen LogP contribution in [-0.2, 0) is 19.6 Å². The van der Waals surface area contributed by atoms with Crippen LogP contribution in [0.5, 0.6) is 0 Å². The van der Waals surface area contributed by atoms with E-state index in [9.17, 15) is 28.1 Å². The number of sulfonamides is 1. The highest BCUT2D eigenvalue weighted by molar-refractivity contribution is 7.92. The molecule has 4 rings (SSSR count). The highest BCUT2D eigenvalue weighted by atomic mass is 35.5. The lowest BCUT2D eigenvalue weighted by Gasteiger charge is -2.15. The maximum Gasteiger partial charge on any atom is 0.283 e. The third-order valence-electron chi connectivity index (χ3n) is 4.63. The Hall–Kier alpha value is -4.07. The number of nitrogens with zero attached hydrogens (tertiary/aromatic N) is 4. The zero-order chi connectivity index (χ0) is 25.3. The van der Waals surface area contributed by atoms with E-state index in [1.807, 2.05) is 0 Å². The number of nitro groups is 1. The summed E-state index contributed by atoms with van der Waals surface area (Å²) in [6.45, 7) is 0. The summed E-state index contributed by atoms with van der Waals surface area (Å²) in [5.41, 5.74) is -0.351. The lowest BCUT2D eigenvalue weighted by Crippen LogP contribution is -2.32. The van der Waals surface area contributed by atoms with Crippen molar-refractivity contribution in [2.45, 2.75) is 4.90 Å². The van der Waals surface area contributed by atoms with Crippen LogP contribution < -0.4 is 14.9 Å². The van der Waals surface area contributed by atoms with E-state index < -0.39 is 31.8 Å². The first-order chi connectivity index (χ1) is 16.6. The molecule has 0 fully saturated rings. The molecule has 0 aliphatic carbocycles. The third kappa shape index (κ3) is 4.91. The molecule has 1 aliphatic rings. The molecule has 12 nitrogen and oxygen atoms in total. The van der Waals surface area contributed by atoms with Crippen LogP contribution in [0.1, 0.15) is 0 Å². The van der Waals surface area contributed by atoms with Crippen LogP contribution in [0.2, 0.25) is 5.15 Å². The molecule has 3 aromatic rings. The van der Waals surface area contributed by atoms with Gasteiger partial charge in [-0.05, 0) is 42.5 Å². The number of non-ortho nitro benzene ring substituents is 1. The molecule has 2 amide bonds. The van der Waals surface area contributed by atoms with E-state index in [2.05, 4.69) is 20.2 Å². The molecule has 0 saturated heterocycles. The molecule has 178 valence electrons. The average Bonchev–Trinajstić information content (AvgIpc) is 3.04. The molecule has 1 aromatic heterocycles. The van der Waals surface area contributed by atoms with Gasteiger partial charge in [0.05, 0.1) is 15.5 Å². The van der Waals surface area contributed by atoms with Crippen LogP contribution in [0.4, 0.5) is 22.9 Å². The van der Waals surface area contributed by atoms with Gasteiger partial charge in [0.2, 0.25) is 0 Å². The quantitative estimate of drug-likeness (QED) is 0.262. The first-order valence-corrected chi connectivity index (χ1v) is 11.7. The molecule has 0 bridgehead atoms. The fourth-order valence-corrected chi connectivity index (χ4v) is 4.33. The highest BCUT2D eigenvalue weighted by Gasteiger charge is 2.39. The summed E-state index contributed by atoms with van der Waals surface area (Å²) in [7, 11) is -4.00. The molecule has 2 heterocycles. The number of carbonyl (C=O) groups excluding carboxylic acids is 2. The number of hydrogen-bond donors (Lipinski definition) is 2. The van der Waals surface area contributed by atoms with Crippen molar-refractivity contribution in [1.29, 1.82) is 0 Å². The van der Waals surface area contributed by atoms with Gasteiger partial charge in [-0.2, -0.15) is 0 Å². The number of nitrogens with one attached hydrogen (secondary N) is 2. The average molecular weight is 535 g/mol. The molecule has 2 N–H and O–H groups in total. The Balaban J connectivity index is 1.52. The van der Waals surface area contributed by atoms with Gasteiger partial charge in [0.25, 0.3) is 27.5 Å². The second kappa shape index (κ2) is 9.29. The van der Waals surface area contributed by atoms with Crippen molar-refractivity contribution in [3.63, 3.8) is 0 Å². The molecule has 0 atom stereocenters. The van der Waals surface area contributed by atoms with Gasteiger partial charge in [-0.25, -0.2) is 13.3 Å². The zero-order valence-electron chi connectivity index (χ0n) is 17.2. The minimum absolute atomic E-state index is 0.0260. The number of aromatic nitrogens is 2. The monoisotopic (exact) mass is 534 g/mol. The van der Waals surface area contributed by atoms with E-state index >= 15 is 0 Å². The minimum atomic E-state index is -4.00. The Morgan fingerprint density at radius 2 is 1.66 bits per heavy atom. The van der Waals surface area contributed by atoms with E-state index in [4.69, 9.17) is 23.2 Å². The van der Waals surface area contributed by atoms with Crippen molar-refractivity contribution in [2.24, 2.45) is 0 Å². The Morgan fingerprint density at radius 3 is 2.29 bits per heavy atom. The predicted octanol–water partition coefficient (Wildman–Crippen LogP) is 3.27. The van der Waals surface area contributed by atoms with E-state index in [-0.39, 0.29) is 38.6 Å². The molecule has 15 heteroatoms. The maximum atomic E-state index is 12.9. The van der Waals surface area contributed by atoms with Gasteiger partial charge in [0, 0.05) is 17.8 Å². The normalized spacial score (nSPS) is 13.8. The number of amides is 2. The number of anilines is 3. The molecule has 1 aliphatic heterocycles. The largest absolute Gasteiger partial charge is 0.350 e. The van der Waals surface area contributed by atoms with E-state index in [0.29, 0.717) is 4.90 Å². The Bertz CT molecular complexity index is 1490. The molecule has 0 spiro atoms. The highest BCUT2D eigenvalue weighted by Crippen LogP contribution is 2.32. The van der Waals surface area contributed by atoms with E-state index in [0.717, 1.165) is 6.07 Å². The number of hydrogen-bond acceptors (Lipinski definition) is 9. The standard InChI is InChI=1S/C20H12Cl2N6O6S/c21-15-8-9-16(25-24-15)26-35(33,34)14-6-4-11(5-7-14)23-18-17(22)19(29)27(20(18)30)12-2-1-3-13(10-12)28(31)32/h1-10,23H,(H,25,26). The molecule has 0 unspecified atom stereocenters. The first kappa shape index (κ1) is 24.1. The second-order valence-corrected chi connectivity index (χ2v) is 9.36. The molecule has 0 saturated carbocycles. The van der Waals surface area contributed by atoms with E-state index in [1.54, 1.807) is 0 Å². The number of rotatable bonds is 7. The Labute approximate surface area is 207 Å². The number of benzene rings is 2. The van der Waals surface area contributed by atoms with Crippen molar-refractivity contribution in [1.82, 2.24) is 10.2 Å². The van der Waals surface area contributed by atoms with Gasteiger partial charge in [-0.1, -0.05) is 29.3 Å². The molecule has 2 aromatic carbocycles. The van der Waals surface area contributed by atoms with Gasteiger partial charge in [-0.15, -0.1) is 10.2 Å². The summed E-state index contributed by atoms with van der Waals surface area (Å²) < 4.78 is 27.3. The Morgan fingerprint density at radius 1 is 0.943 bits per heavy atom. The third-order valence-corrected chi connectivity index (χ3v) is 6.55. The first-order valence-electron chi connectivity index (χ1n) is 9.49. The second-order valence-electron chi connectivity index (χ2n) is 6.91. The van der Waals surface area contributed by atoms with Gasteiger partial charge in [-0.3, -0.25) is 24.4 Å². The molecular weight excluding hydrogens is 523 g/mol. The van der Waals surface area contributed by atoms with Gasteiger partial charge in [0.1, 0.15) is 10.7 Å². The lowest BCUT2D eigenvalue weighted by atomic mass is 10.2. The smallest absolute Gasteiger partial charge is 0.283 e. The van der Waals surface area contributed by atoms with Crippen LogP contribution in [0, 0.1) is 10.1 Å². The predicted molar refractivity (Wildman–Crippen MR) is 126 cm³/mol. The SMILES string of the molecule is O=C1C(Cl)=C(Nc2ccc(S(=O)(=O)Nc3ccc(Cl)nn3)cc2)C(=O)N1c1cccc([N+](=O)[O-])c1. The fourth-order valence-electron chi connectivity index (χ4n) is 3.02. The Kier molecular flexibility index (Phi) is 6.39. The van der Waals surface area contributed by atoms with Gasteiger partial charge in [0.15, 0.2) is 11.0 Å². The maximum absolute atomic E-state index is 12.9. The lowest BCUT2D eigenvalue weighted by molar-refractivity contribution is -0.384. The summed E-state index contributed by atoms with van der Waals surface area (Å²) in [5.74, 6) is -1.74. The van der Waals surface area contributed by atoms with Crippen LogP contribution >= 0.6 is 23.2 Å². The molecule has 35 heavy (non-hydrogen) atoms. The minimum Gasteiger partial charge on any atom is -0.350 e. The van der Waals surface area contributed by atoms with Crippen molar-refractivity contribution >= 4 is 67.9 Å². The number of carbonyl (C=O) groups is 2. The molecular formula is C20H12Cl2N6O6S. The summed E-state index contributed by atoms with van der Waals surface area (Å²) >= 11 is 11.7. The fraction of sp³-hybridized carbons (Fsp3) is 0. The summed E-state index contributed by atoms with van der Waals surface area (Å²) in [6.07, 6.45) is 0. The summed E-state index contributed by atoms with van der Waals surface area (Å²) in [5, 5.41) is 20.6. The molecule has 0 radical (unpaired) electrons. The summed E-state index contributed by atoms with van der Waals surface area (Å²) in [6, 6.07) is 12.9. The number of imide groups is 1. The van der Waals surface area contributed by atoms with Crippen LogP contribution in [0.3, 0.4) is 0 Å². The van der Waals surface area contributed by atoms with E-state index in [1.165, 1.54) is 54.6 Å². The van der Waals surface area contributed by atoms with Gasteiger partial charge < -0.3 is 5.32 Å². The number of halogens is 2. The summed E-state index contributed by atoms with van der Waals surface area (Å²) in [4.78, 5) is 36.4. The van der Waals surface area contributed by atoms with Crippen LogP contribution in [-0.4, -0.2) is 35.4 Å². The van der Waals surface area contributed by atoms with Crippen LogP contribution in [0.15, 0.2) is 76.3 Å². The van der Waals surface area contributed by atoms with Crippen LogP contribution in [0.25, 0.3) is 0 Å². The van der Waals surface area contributed by atoms with Gasteiger partial charge >= 0.3 is 0 Å². The van der Waals surface area contributed by atoms with Crippen molar-refractivity contribution in [3.05, 3.63) is 86.7 Å². The van der Waals surface area contributed by atoms with Crippen molar-refractivity contribution in [3.8, 4) is 0 Å². The zero-order valence-corrected chi connectivity index (χ0v) is 19.5. The number of nitro benzene ring substituents is 1. The topological polar surface area (TPSA) is 164 Å². The van der Waals surface area contributed by atoms with Crippen molar-refractivity contribution < 1.29 is 22.9 Å².